The minimum Gasteiger partial charge on any atom is -0.332 e. The van der Waals surface area contributed by atoms with Gasteiger partial charge in [0.05, 0.1) is 23.9 Å². The fourth-order valence-corrected chi connectivity index (χ4v) is 6.64. The summed E-state index contributed by atoms with van der Waals surface area (Å²) < 4.78 is 66.6. The summed E-state index contributed by atoms with van der Waals surface area (Å²) in [6, 6.07) is 5.16. The van der Waals surface area contributed by atoms with Crippen molar-refractivity contribution >= 4 is 21.7 Å². The van der Waals surface area contributed by atoms with Gasteiger partial charge < -0.3 is 16.4 Å². The minimum atomic E-state index is -4.58. The second-order valence-corrected chi connectivity index (χ2v) is 10.7. The fourth-order valence-electron chi connectivity index (χ4n) is 5.28. The zero-order valence-corrected chi connectivity index (χ0v) is 17.7. The number of halogens is 3. The molecule has 4 N–H and O–H groups in total. The number of nitrogens with one attached hydrogen (secondary N) is 2. The molecule has 1 saturated carbocycles. The number of guanidine groups is 1. The first-order valence-corrected chi connectivity index (χ1v) is 12.2. The molecule has 3 aliphatic heterocycles. The summed E-state index contributed by atoms with van der Waals surface area (Å²) in [6.45, 7) is 0. The average molecular weight is 456 g/mol. The first-order valence-electron chi connectivity index (χ1n) is 10.3. The molecule has 1 saturated heterocycles. The Labute approximate surface area is 178 Å². The number of sulfonamides is 1. The number of nitrogens with zero attached hydrogens (tertiary/aromatic N) is 2. The normalized spacial score (nSPS) is 30.9. The minimum absolute atomic E-state index is 0.144. The van der Waals surface area contributed by atoms with Crippen LogP contribution >= 0.6 is 0 Å². The van der Waals surface area contributed by atoms with E-state index >= 15 is 0 Å². The van der Waals surface area contributed by atoms with Crippen molar-refractivity contribution in [2.45, 2.75) is 56.0 Å². The molecule has 11 heteroatoms. The number of rotatable bonds is 3. The Morgan fingerprint density at radius 3 is 2.45 bits per heavy atom. The standard InChI is InChI=1S/C20H24F3N5O2S/c1-31(29,30)28-15-7-8-16(28)14-9-12(5-6-13(14)15)26-18-25-10-17(20(21,22)23)19(24,27-18)11-3-2-4-11/h5-6,9-11,15-16H,2-4,7-8,24H2,1H3,(H2,25,26,27)/t15-,16+,19?/m0/s1. The lowest BCUT2D eigenvalue weighted by Gasteiger charge is -2.43. The number of anilines is 1. The molecule has 3 heterocycles. The van der Waals surface area contributed by atoms with Crippen LogP contribution < -0.4 is 16.4 Å². The second kappa shape index (κ2) is 6.69. The smallest absolute Gasteiger partial charge is 0.332 e. The van der Waals surface area contributed by atoms with E-state index in [9.17, 15) is 21.6 Å². The largest absolute Gasteiger partial charge is 0.417 e. The van der Waals surface area contributed by atoms with Crippen molar-refractivity contribution in [2.75, 3.05) is 11.6 Å². The number of hydrogen-bond donors (Lipinski definition) is 3. The number of fused-ring (bicyclic) bond motifs is 5. The highest BCUT2D eigenvalue weighted by Gasteiger charge is 2.53. The third-order valence-electron chi connectivity index (χ3n) is 6.89. The predicted octanol–water partition coefficient (Wildman–Crippen LogP) is 3.11. The van der Waals surface area contributed by atoms with Crippen LogP contribution in [0.15, 0.2) is 35.0 Å². The molecular weight excluding hydrogens is 431 g/mol. The van der Waals surface area contributed by atoms with Gasteiger partial charge in [0.2, 0.25) is 16.0 Å². The molecule has 3 atom stereocenters. The second-order valence-electron chi connectivity index (χ2n) is 8.78. The molecule has 2 fully saturated rings. The lowest BCUT2D eigenvalue weighted by molar-refractivity contribution is -0.106. The molecule has 1 aromatic carbocycles. The Morgan fingerprint density at radius 1 is 1.19 bits per heavy atom. The summed E-state index contributed by atoms with van der Waals surface area (Å²) in [5.74, 6) is -0.219. The first-order chi connectivity index (χ1) is 14.5. The molecule has 1 aliphatic carbocycles. The number of benzene rings is 1. The monoisotopic (exact) mass is 455 g/mol. The summed E-state index contributed by atoms with van der Waals surface area (Å²) in [5, 5.41) is 5.62. The molecule has 0 spiro atoms. The zero-order chi connectivity index (χ0) is 22.2. The Hall–Kier alpha value is -2.11. The van der Waals surface area contributed by atoms with Gasteiger partial charge in [-0.25, -0.2) is 13.4 Å². The summed E-state index contributed by atoms with van der Waals surface area (Å²) in [5.41, 5.74) is 6.04. The Kier molecular flexibility index (Phi) is 4.49. The summed E-state index contributed by atoms with van der Waals surface area (Å²) in [6.07, 6.45) is 1.11. The van der Waals surface area contributed by atoms with Crippen molar-refractivity contribution in [3.63, 3.8) is 0 Å². The van der Waals surface area contributed by atoms with Crippen LogP contribution in [0.2, 0.25) is 0 Å². The molecule has 5 rings (SSSR count). The highest BCUT2D eigenvalue weighted by atomic mass is 32.2. The van der Waals surface area contributed by atoms with E-state index in [0.29, 0.717) is 18.5 Å². The van der Waals surface area contributed by atoms with E-state index in [1.54, 1.807) is 10.4 Å². The lowest BCUT2D eigenvalue weighted by Crippen LogP contribution is -2.57. The van der Waals surface area contributed by atoms with Crippen LogP contribution in [-0.4, -0.2) is 36.8 Å². The lowest BCUT2D eigenvalue weighted by atomic mass is 9.72. The van der Waals surface area contributed by atoms with Crippen LogP contribution in [0.1, 0.15) is 55.3 Å². The summed E-state index contributed by atoms with van der Waals surface area (Å²) in [7, 11) is -3.34. The SMILES string of the molecule is CS(=O)(=O)N1[C@@H]2CC[C@H]1c1ccc(NC3=NC(N)(C4CCC4)C(C(F)(F)F)=CN3)cc12. The Bertz CT molecular complexity index is 1100. The van der Waals surface area contributed by atoms with Crippen LogP contribution in [0.4, 0.5) is 18.9 Å². The van der Waals surface area contributed by atoms with Gasteiger partial charge in [-0.3, -0.25) is 0 Å². The van der Waals surface area contributed by atoms with Gasteiger partial charge in [0.25, 0.3) is 0 Å². The fraction of sp³-hybridized carbons (Fsp3) is 0.550. The average Bonchev–Trinajstić information content (AvgIpc) is 3.16. The highest BCUT2D eigenvalue weighted by molar-refractivity contribution is 7.88. The van der Waals surface area contributed by atoms with Crippen molar-refractivity contribution in [3.05, 3.63) is 41.1 Å². The molecule has 1 aromatic rings. The molecule has 31 heavy (non-hydrogen) atoms. The zero-order valence-electron chi connectivity index (χ0n) is 16.9. The maximum absolute atomic E-state index is 13.5. The number of alkyl halides is 3. The van der Waals surface area contributed by atoms with E-state index in [1.165, 1.54) is 6.26 Å². The molecule has 1 unspecified atom stereocenters. The van der Waals surface area contributed by atoms with E-state index < -0.39 is 27.4 Å². The van der Waals surface area contributed by atoms with Gasteiger partial charge in [-0.15, -0.1) is 0 Å². The molecular formula is C20H24F3N5O2S. The van der Waals surface area contributed by atoms with Crippen molar-refractivity contribution in [1.82, 2.24) is 9.62 Å². The number of aliphatic imine (C=N–C) groups is 1. The molecule has 0 aromatic heterocycles. The van der Waals surface area contributed by atoms with Crippen molar-refractivity contribution in [1.29, 1.82) is 0 Å². The van der Waals surface area contributed by atoms with Crippen LogP contribution in [-0.2, 0) is 10.0 Å². The van der Waals surface area contributed by atoms with E-state index in [4.69, 9.17) is 5.73 Å². The van der Waals surface area contributed by atoms with Gasteiger partial charge in [0.15, 0.2) is 0 Å². The summed E-state index contributed by atoms with van der Waals surface area (Å²) in [4.78, 5) is 4.25. The number of nitrogens with two attached hydrogens (primary N) is 1. The van der Waals surface area contributed by atoms with Crippen molar-refractivity contribution < 1.29 is 21.6 Å². The van der Waals surface area contributed by atoms with E-state index in [2.05, 4.69) is 15.6 Å². The molecule has 0 radical (unpaired) electrons. The molecule has 2 bridgehead atoms. The van der Waals surface area contributed by atoms with Gasteiger partial charge in [-0.1, -0.05) is 12.5 Å². The molecule has 7 nitrogen and oxygen atoms in total. The van der Waals surface area contributed by atoms with Crippen molar-refractivity contribution in [3.8, 4) is 0 Å². The van der Waals surface area contributed by atoms with Gasteiger partial charge in [-0.05, 0) is 48.9 Å². The number of hydrogen-bond acceptors (Lipinski definition) is 6. The Morgan fingerprint density at radius 2 is 1.87 bits per heavy atom. The Balaban J connectivity index is 1.43. The predicted molar refractivity (Wildman–Crippen MR) is 110 cm³/mol. The third kappa shape index (κ3) is 3.25. The molecule has 4 aliphatic rings. The molecule has 168 valence electrons. The maximum Gasteiger partial charge on any atom is 0.417 e. The van der Waals surface area contributed by atoms with Crippen LogP contribution in [0.25, 0.3) is 0 Å². The van der Waals surface area contributed by atoms with Crippen LogP contribution in [0.5, 0.6) is 0 Å². The quantitative estimate of drug-likeness (QED) is 0.651. The van der Waals surface area contributed by atoms with Gasteiger partial charge >= 0.3 is 6.18 Å². The topological polar surface area (TPSA) is 99.8 Å². The first kappa shape index (κ1) is 20.8. The maximum atomic E-state index is 13.5. The highest BCUT2D eigenvalue weighted by Crippen LogP contribution is 2.54. The van der Waals surface area contributed by atoms with E-state index in [1.807, 2.05) is 12.1 Å². The summed E-state index contributed by atoms with van der Waals surface area (Å²) >= 11 is 0. The van der Waals surface area contributed by atoms with E-state index in [-0.39, 0.29) is 24.0 Å². The third-order valence-corrected chi connectivity index (χ3v) is 8.17. The molecule has 0 amide bonds. The van der Waals surface area contributed by atoms with Crippen LogP contribution in [0.3, 0.4) is 0 Å². The van der Waals surface area contributed by atoms with Gasteiger partial charge in [0.1, 0.15) is 5.66 Å². The van der Waals surface area contributed by atoms with Crippen LogP contribution in [0, 0.1) is 5.92 Å². The van der Waals surface area contributed by atoms with Gasteiger partial charge in [-0.2, -0.15) is 17.5 Å². The van der Waals surface area contributed by atoms with Crippen molar-refractivity contribution in [2.24, 2.45) is 16.6 Å². The van der Waals surface area contributed by atoms with E-state index in [0.717, 1.165) is 36.6 Å². The van der Waals surface area contributed by atoms with Gasteiger partial charge in [0, 0.05) is 17.8 Å².